The van der Waals surface area contributed by atoms with Gasteiger partial charge < -0.3 is 4.90 Å². The molecule has 0 atom stereocenters. The topological polar surface area (TPSA) is 54.8 Å². The summed E-state index contributed by atoms with van der Waals surface area (Å²) in [5, 5.41) is 8.73. The quantitative estimate of drug-likeness (QED) is 0.815. The van der Waals surface area contributed by atoms with Crippen LogP contribution in [0.1, 0.15) is 43.6 Å². The van der Waals surface area contributed by atoms with Crippen LogP contribution in [0.2, 0.25) is 0 Å². The molecule has 0 N–H and O–H groups in total. The van der Waals surface area contributed by atoms with Crippen LogP contribution in [-0.4, -0.2) is 26.2 Å². The normalized spacial score (nSPS) is 14.2. The van der Waals surface area contributed by atoms with Crippen molar-refractivity contribution in [3.05, 3.63) is 41.5 Å². The molecule has 3 rings (SSSR count). The molecule has 1 saturated carbocycles. The van der Waals surface area contributed by atoms with Gasteiger partial charge in [0, 0.05) is 25.0 Å². The molecule has 21 heavy (non-hydrogen) atoms. The van der Waals surface area contributed by atoms with Crippen LogP contribution in [0.15, 0.2) is 24.5 Å². The Labute approximate surface area is 125 Å². The second kappa shape index (κ2) is 6.16. The summed E-state index contributed by atoms with van der Waals surface area (Å²) in [5.74, 6) is 0.760. The average molecular weight is 283 g/mol. The Morgan fingerprint density at radius 2 is 1.95 bits per heavy atom. The van der Waals surface area contributed by atoms with Crippen LogP contribution in [0.4, 0.5) is 5.95 Å². The van der Waals surface area contributed by atoms with Crippen molar-refractivity contribution in [1.82, 2.24) is 20.2 Å². The highest BCUT2D eigenvalue weighted by Gasteiger charge is 2.31. The molecule has 2 aromatic rings. The van der Waals surface area contributed by atoms with E-state index < -0.39 is 0 Å². The van der Waals surface area contributed by atoms with E-state index in [0.29, 0.717) is 6.04 Å². The second-order valence-corrected chi connectivity index (χ2v) is 5.43. The molecule has 2 heterocycles. The Morgan fingerprint density at radius 3 is 2.57 bits per heavy atom. The van der Waals surface area contributed by atoms with E-state index >= 15 is 0 Å². The molecule has 0 aliphatic heterocycles. The third-order valence-corrected chi connectivity index (χ3v) is 3.82. The first kappa shape index (κ1) is 13.9. The number of nitrogens with zero attached hydrogens (tertiary/aromatic N) is 5. The molecule has 0 saturated heterocycles. The predicted octanol–water partition coefficient (Wildman–Crippen LogP) is 2.56. The molecule has 0 spiro atoms. The fraction of sp³-hybridized carbons (Fsp3) is 0.500. The first-order valence-corrected chi connectivity index (χ1v) is 7.69. The van der Waals surface area contributed by atoms with Crippen molar-refractivity contribution in [2.45, 2.75) is 52.1 Å². The number of hydrogen-bond acceptors (Lipinski definition) is 5. The van der Waals surface area contributed by atoms with Crippen LogP contribution >= 0.6 is 0 Å². The van der Waals surface area contributed by atoms with E-state index in [1.165, 1.54) is 18.4 Å². The molecular weight excluding hydrogens is 262 g/mol. The fourth-order valence-electron chi connectivity index (χ4n) is 2.49. The van der Waals surface area contributed by atoms with Crippen LogP contribution in [0, 0.1) is 0 Å². The minimum absolute atomic E-state index is 0.546. The maximum Gasteiger partial charge on any atom is 0.246 e. The van der Waals surface area contributed by atoms with Gasteiger partial charge in [0.15, 0.2) is 0 Å². The third kappa shape index (κ3) is 3.17. The molecule has 5 heteroatoms. The zero-order chi connectivity index (χ0) is 14.7. The van der Waals surface area contributed by atoms with E-state index in [4.69, 9.17) is 4.98 Å². The van der Waals surface area contributed by atoms with E-state index in [0.717, 1.165) is 36.7 Å². The van der Waals surface area contributed by atoms with Crippen molar-refractivity contribution in [1.29, 1.82) is 0 Å². The van der Waals surface area contributed by atoms with Crippen LogP contribution in [-0.2, 0) is 19.4 Å². The van der Waals surface area contributed by atoms with Gasteiger partial charge in [0.2, 0.25) is 5.95 Å². The third-order valence-electron chi connectivity index (χ3n) is 3.82. The molecule has 1 aliphatic rings. The SMILES string of the molecule is CCc1nnc(N(Cc2cccnc2)C2CC2)nc1CC. The fourth-order valence-corrected chi connectivity index (χ4v) is 2.49. The molecule has 110 valence electrons. The number of aryl methyl sites for hydroxylation is 2. The first-order valence-electron chi connectivity index (χ1n) is 7.69. The molecule has 1 aliphatic carbocycles. The van der Waals surface area contributed by atoms with E-state index in [9.17, 15) is 0 Å². The van der Waals surface area contributed by atoms with E-state index in [1.54, 1.807) is 6.20 Å². The molecule has 0 aromatic carbocycles. The highest BCUT2D eigenvalue weighted by atomic mass is 15.3. The van der Waals surface area contributed by atoms with Gasteiger partial charge in [-0.1, -0.05) is 19.9 Å². The number of rotatable bonds is 6. The zero-order valence-electron chi connectivity index (χ0n) is 12.7. The average Bonchev–Trinajstić information content (AvgIpc) is 3.37. The van der Waals surface area contributed by atoms with E-state index in [1.807, 2.05) is 12.3 Å². The summed E-state index contributed by atoms with van der Waals surface area (Å²) in [6.45, 7) is 5.02. The van der Waals surface area contributed by atoms with Gasteiger partial charge in [-0.3, -0.25) is 4.98 Å². The van der Waals surface area contributed by atoms with Crippen molar-refractivity contribution < 1.29 is 0 Å². The summed E-state index contributed by atoms with van der Waals surface area (Å²) in [4.78, 5) is 11.2. The Balaban J connectivity index is 1.87. The lowest BCUT2D eigenvalue weighted by atomic mass is 10.2. The Bertz CT molecular complexity index is 595. The number of hydrogen-bond donors (Lipinski definition) is 0. The summed E-state index contributed by atoms with van der Waals surface area (Å²) < 4.78 is 0. The Hall–Kier alpha value is -2.04. The highest BCUT2D eigenvalue weighted by molar-refractivity contribution is 5.36. The van der Waals surface area contributed by atoms with Crippen molar-refractivity contribution in [2.24, 2.45) is 0 Å². The summed E-state index contributed by atoms with van der Waals surface area (Å²) in [6.07, 6.45) is 7.91. The standard InChI is InChI=1S/C16H21N5/c1-3-14-15(4-2)19-20-16(18-14)21(13-7-8-13)11-12-6-5-9-17-10-12/h5-6,9-10,13H,3-4,7-8,11H2,1-2H3. The lowest BCUT2D eigenvalue weighted by Crippen LogP contribution is -2.28. The summed E-state index contributed by atoms with van der Waals surface area (Å²) in [6, 6.07) is 4.61. The van der Waals surface area contributed by atoms with Crippen LogP contribution in [0.25, 0.3) is 0 Å². The van der Waals surface area contributed by atoms with Gasteiger partial charge in [-0.15, -0.1) is 5.10 Å². The summed E-state index contributed by atoms with van der Waals surface area (Å²) in [5.41, 5.74) is 3.27. The van der Waals surface area contributed by atoms with Gasteiger partial charge in [0.1, 0.15) is 0 Å². The van der Waals surface area contributed by atoms with Gasteiger partial charge in [-0.05, 0) is 37.3 Å². The first-order chi connectivity index (χ1) is 10.3. The molecule has 0 unspecified atom stereocenters. The summed E-state index contributed by atoms with van der Waals surface area (Å²) >= 11 is 0. The van der Waals surface area contributed by atoms with Gasteiger partial charge in [0.25, 0.3) is 0 Å². The Kier molecular flexibility index (Phi) is 4.08. The largest absolute Gasteiger partial charge is 0.332 e. The smallest absolute Gasteiger partial charge is 0.246 e. The van der Waals surface area contributed by atoms with E-state index in [-0.39, 0.29) is 0 Å². The minimum atomic E-state index is 0.546. The van der Waals surface area contributed by atoms with Crippen molar-refractivity contribution in [2.75, 3.05) is 4.90 Å². The van der Waals surface area contributed by atoms with Crippen LogP contribution in [0.3, 0.4) is 0 Å². The molecular formula is C16H21N5. The van der Waals surface area contributed by atoms with Crippen molar-refractivity contribution >= 4 is 5.95 Å². The van der Waals surface area contributed by atoms with E-state index in [2.05, 4.69) is 40.0 Å². The van der Waals surface area contributed by atoms with Crippen molar-refractivity contribution in [3.8, 4) is 0 Å². The maximum absolute atomic E-state index is 4.75. The number of aromatic nitrogens is 4. The lowest BCUT2D eigenvalue weighted by molar-refractivity contribution is 0.715. The second-order valence-electron chi connectivity index (χ2n) is 5.43. The van der Waals surface area contributed by atoms with Gasteiger partial charge in [-0.25, -0.2) is 4.98 Å². The zero-order valence-corrected chi connectivity index (χ0v) is 12.7. The van der Waals surface area contributed by atoms with Gasteiger partial charge in [0.05, 0.1) is 11.4 Å². The van der Waals surface area contributed by atoms with Crippen LogP contribution in [0.5, 0.6) is 0 Å². The Morgan fingerprint density at radius 1 is 1.14 bits per heavy atom. The molecule has 1 fully saturated rings. The number of anilines is 1. The lowest BCUT2D eigenvalue weighted by Gasteiger charge is -2.22. The van der Waals surface area contributed by atoms with Crippen molar-refractivity contribution in [3.63, 3.8) is 0 Å². The monoisotopic (exact) mass is 283 g/mol. The molecule has 0 radical (unpaired) electrons. The van der Waals surface area contributed by atoms with Gasteiger partial charge in [-0.2, -0.15) is 5.10 Å². The summed E-state index contributed by atoms with van der Waals surface area (Å²) in [7, 11) is 0. The highest BCUT2D eigenvalue weighted by Crippen LogP contribution is 2.31. The maximum atomic E-state index is 4.75. The minimum Gasteiger partial charge on any atom is -0.332 e. The molecule has 0 bridgehead atoms. The molecule has 0 amide bonds. The van der Waals surface area contributed by atoms with Gasteiger partial charge >= 0.3 is 0 Å². The number of pyridine rings is 1. The van der Waals surface area contributed by atoms with Crippen LogP contribution < -0.4 is 4.90 Å². The molecule has 2 aromatic heterocycles. The predicted molar refractivity (Wildman–Crippen MR) is 82.0 cm³/mol. The molecule has 5 nitrogen and oxygen atoms in total.